The van der Waals surface area contributed by atoms with Crippen molar-refractivity contribution in [1.29, 1.82) is 0 Å². The molecule has 0 spiro atoms. The highest BCUT2D eigenvalue weighted by Gasteiger charge is 2.10. The van der Waals surface area contributed by atoms with Crippen LogP contribution in [0.1, 0.15) is 50.8 Å². The molecular weight excluding hydrogens is 210 g/mol. The van der Waals surface area contributed by atoms with Gasteiger partial charge in [0.05, 0.1) is 6.61 Å². The van der Waals surface area contributed by atoms with Crippen molar-refractivity contribution in [3.8, 4) is 0 Å². The minimum atomic E-state index is 0.195. The molecule has 17 heavy (non-hydrogen) atoms. The molecule has 0 aromatic heterocycles. The SMILES string of the molecule is CCCc1ccc(C(C)NC(CC)CO)cc1. The minimum absolute atomic E-state index is 0.195. The van der Waals surface area contributed by atoms with Crippen LogP contribution >= 0.6 is 0 Å². The largest absolute Gasteiger partial charge is 0.395 e. The summed E-state index contributed by atoms with van der Waals surface area (Å²) in [7, 11) is 0. The molecule has 1 aromatic carbocycles. The number of rotatable bonds is 7. The smallest absolute Gasteiger partial charge is 0.0584 e. The molecule has 96 valence electrons. The van der Waals surface area contributed by atoms with Gasteiger partial charge in [-0.3, -0.25) is 0 Å². The molecule has 0 radical (unpaired) electrons. The van der Waals surface area contributed by atoms with E-state index in [9.17, 15) is 5.11 Å². The topological polar surface area (TPSA) is 32.3 Å². The van der Waals surface area contributed by atoms with Gasteiger partial charge in [0.25, 0.3) is 0 Å². The van der Waals surface area contributed by atoms with E-state index in [-0.39, 0.29) is 12.6 Å². The van der Waals surface area contributed by atoms with Crippen LogP contribution in [-0.2, 0) is 6.42 Å². The number of aliphatic hydroxyl groups is 1. The van der Waals surface area contributed by atoms with Gasteiger partial charge < -0.3 is 10.4 Å². The van der Waals surface area contributed by atoms with E-state index in [4.69, 9.17) is 0 Å². The Morgan fingerprint density at radius 3 is 2.29 bits per heavy atom. The number of hydrogen-bond acceptors (Lipinski definition) is 2. The molecule has 1 aromatic rings. The third kappa shape index (κ3) is 4.49. The Bertz CT molecular complexity index is 303. The van der Waals surface area contributed by atoms with Gasteiger partial charge in [-0.25, -0.2) is 0 Å². The number of nitrogens with one attached hydrogen (secondary N) is 1. The number of aliphatic hydroxyl groups excluding tert-OH is 1. The average Bonchev–Trinajstić information content (AvgIpc) is 2.37. The van der Waals surface area contributed by atoms with E-state index in [0.29, 0.717) is 6.04 Å². The van der Waals surface area contributed by atoms with Crippen LogP contribution < -0.4 is 5.32 Å². The van der Waals surface area contributed by atoms with Crippen LogP contribution in [0.3, 0.4) is 0 Å². The molecule has 2 nitrogen and oxygen atoms in total. The van der Waals surface area contributed by atoms with Crippen molar-refractivity contribution in [3.05, 3.63) is 35.4 Å². The normalized spacial score (nSPS) is 14.6. The number of hydrogen-bond donors (Lipinski definition) is 2. The van der Waals surface area contributed by atoms with Crippen LogP contribution in [0.5, 0.6) is 0 Å². The Kier molecular flexibility index (Phi) is 6.23. The Balaban J connectivity index is 2.59. The Morgan fingerprint density at radius 1 is 1.18 bits per heavy atom. The average molecular weight is 235 g/mol. The molecule has 0 aliphatic heterocycles. The summed E-state index contributed by atoms with van der Waals surface area (Å²) in [5, 5.41) is 12.6. The second kappa shape index (κ2) is 7.46. The molecular formula is C15H25NO. The van der Waals surface area contributed by atoms with Gasteiger partial charge in [-0.05, 0) is 30.9 Å². The van der Waals surface area contributed by atoms with Gasteiger partial charge in [0.2, 0.25) is 0 Å². The standard InChI is InChI=1S/C15H25NO/c1-4-6-13-7-9-14(10-8-13)12(3)16-15(5-2)11-17/h7-10,12,15-17H,4-6,11H2,1-3H3. The predicted octanol–water partition coefficient (Wildman–Crippen LogP) is 3.06. The molecule has 0 amide bonds. The van der Waals surface area contributed by atoms with Gasteiger partial charge in [0.1, 0.15) is 0 Å². The first kappa shape index (κ1) is 14.2. The molecule has 2 heteroatoms. The van der Waals surface area contributed by atoms with Crippen LogP contribution in [0.15, 0.2) is 24.3 Å². The highest BCUT2D eigenvalue weighted by Crippen LogP contribution is 2.15. The Labute approximate surface area is 105 Å². The van der Waals surface area contributed by atoms with Gasteiger partial charge in [0.15, 0.2) is 0 Å². The first-order valence-corrected chi connectivity index (χ1v) is 6.67. The summed E-state index contributed by atoms with van der Waals surface area (Å²) < 4.78 is 0. The molecule has 2 unspecified atom stereocenters. The summed E-state index contributed by atoms with van der Waals surface area (Å²) in [5.41, 5.74) is 2.69. The van der Waals surface area contributed by atoms with Crippen LogP contribution in [0.2, 0.25) is 0 Å². The second-order valence-electron chi connectivity index (χ2n) is 4.67. The summed E-state index contributed by atoms with van der Waals surface area (Å²) in [6.45, 7) is 6.64. The van der Waals surface area contributed by atoms with Crippen molar-refractivity contribution in [2.75, 3.05) is 6.61 Å². The van der Waals surface area contributed by atoms with Crippen LogP contribution in [-0.4, -0.2) is 17.8 Å². The fraction of sp³-hybridized carbons (Fsp3) is 0.600. The number of aryl methyl sites for hydroxylation is 1. The second-order valence-corrected chi connectivity index (χ2v) is 4.67. The van der Waals surface area contributed by atoms with Crippen molar-refractivity contribution in [1.82, 2.24) is 5.32 Å². The van der Waals surface area contributed by atoms with E-state index < -0.39 is 0 Å². The first-order valence-electron chi connectivity index (χ1n) is 6.67. The van der Waals surface area contributed by atoms with E-state index in [2.05, 4.69) is 50.4 Å². The first-order chi connectivity index (χ1) is 8.21. The van der Waals surface area contributed by atoms with E-state index in [1.807, 2.05) is 0 Å². The number of benzene rings is 1. The maximum atomic E-state index is 9.17. The van der Waals surface area contributed by atoms with Gasteiger partial charge >= 0.3 is 0 Å². The zero-order valence-corrected chi connectivity index (χ0v) is 11.2. The molecule has 0 heterocycles. The van der Waals surface area contributed by atoms with Gasteiger partial charge in [-0.2, -0.15) is 0 Å². The molecule has 0 saturated carbocycles. The molecule has 0 aliphatic carbocycles. The van der Waals surface area contributed by atoms with Crippen LogP contribution in [0.4, 0.5) is 0 Å². The summed E-state index contributed by atoms with van der Waals surface area (Å²) in [4.78, 5) is 0. The summed E-state index contributed by atoms with van der Waals surface area (Å²) in [6.07, 6.45) is 3.29. The summed E-state index contributed by atoms with van der Waals surface area (Å²) in [5.74, 6) is 0. The fourth-order valence-corrected chi connectivity index (χ4v) is 2.01. The molecule has 0 aliphatic rings. The molecule has 0 fully saturated rings. The highest BCUT2D eigenvalue weighted by molar-refractivity contribution is 5.24. The third-order valence-electron chi connectivity index (χ3n) is 3.22. The van der Waals surface area contributed by atoms with Gasteiger partial charge in [-0.1, -0.05) is 44.5 Å². The summed E-state index contributed by atoms with van der Waals surface area (Å²) >= 11 is 0. The zero-order chi connectivity index (χ0) is 12.7. The molecule has 0 saturated heterocycles. The van der Waals surface area contributed by atoms with E-state index >= 15 is 0 Å². The third-order valence-corrected chi connectivity index (χ3v) is 3.22. The van der Waals surface area contributed by atoms with E-state index in [1.54, 1.807) is 0 Å². The Morgan fingerprint density at radius 2 is 1.82 bits per heavy atom. The summed E-state index contributed by atoms with van der Waals surface area (Å²) in [6, 6.07) is 9.27. The van der Waals surface area contributed by atoms with Crippen LogP contribution in [0.25, 0.3) is 0 Å². The minimum Gasteiger partial charge on any atom is -0.395 e. The zero-order valence-electron chi connectivity index (χ0n) is 11.2. The van der Waals surface area contributed by atoms with Crippen molar-refractivity contribution in [2.24, 2.45) is 0 Å². The lowest BCUT2D eigenvalue weighted by Crippen LogP contribution is -2.33. The molecule has 2 atom stereocenters. The molecule has 0 bridgehead atoms. The van der Waals surface area contributed by atoms with Gasteiger partial charge in [-0.15, -0.1) is 0 Å². The predicted molar refractivity (Wildman–Crippen MR) is 73.2 cm³/mol. The lowest BCUT2D eigenvalue weighted by Gasteiger charge is -2.21. The van der Waals surface area contributed by atoms with Crippen LogP contribution in [0, 0.1) is 0 Å². The maximum Gasteiger partial charge on any atom is 0.0584 e. The lowest BCUT2D eigenvalue weighted by atomic mass is 10.0. The van der Waals surface area contributed by atoms with E-state index in [0.717, 1.165) is 12.8 Å². The lowest BCUT2D eigenvalue weighted by molar-refractivity contribution is 0.230. The molecule has 1 rings (SSSR count). The van der Waals surface area contributed by atoms with Gasteiger partial charge in [0, 0.05) is 12.1 Å². The van der Waals surface area contributed by atoms with Crippen molar-refractivity contribution >= 4 is 0 Å². The van der Waals surface area contributed by atoms with Crippen molar-refractivity contribution in [3.63, 3.8) is 0 Å². The Hall–Kier alpha value is -0.860. The fourth-order valence-electron chi connectivity index (χ4n) is 2.01. The maximum absolute atomic E-state index is 9.17. The monoisotopic (exact) mass is 235 g/mol. The van der Waals surface area contributed by atoms with Crippen molar-refractivity contribution < 1.29 is 5.11 Å². The molecule has 2 N–H and O–H groups in total. The van der Waals surface area contributed by atoms with E-state index in [1.165, 1.54) is 17.5 Å². The highest BCUT2D eigenvalue weighted by atomic mass is 16.3. The van der Waals surface area contributed by atoms with Crippen molar-refractivity contribution in [2.45, 2.75) is 52.1 Å². The quantitative estimate of drug-likeness (QED) is 0.761.